The Morgan fingerprint density at radius 3 is 2.33 bits per heavy atom. The molecular formula is C14H18N2O2. The van der Waals surface area contributed by atoms with E-state index in [4.69, 9.17) is 5.11 Å². The van der Waals surface area contributed by atoms with Crippen LogP contribution in [0.4, 0.5) is 5.69 Å². The van der Waals surface area contributed by atoms with Gasteiger partial charge in [-0.3, -0.25) is 4.90 Å². The summed E-state index contributed by atoms with van der Waals surface area (Å²) in [6.45, 7) is 2.18. The predicted molar refractivity (Wildman–Crippen MR) is 70.2 cm³/mol. The average Bonchev–Trinajstić information content (AvgIpc) is 2.39. The number of carbonyl (C=O) groups is 1. The molecule has 3 aliphatic heterocycles. The van der Waals surface area contributed by atoms with Gasteiger partial charge in [0, 0.05) is 30.9 Å². The lowest BCUT2D eigenvalue weighted by Gasteiger charge is -2.51. The summed E-state index contributed by atoms with van der Waals surface area (Å²) in [6.07, 6.45) is 2.53. The van der Waals surface area contributed by atoms with Gasteiger partial charge >= 0.3 is 5.97 Å². The molecule has 4 heteroatoms. The number of carboxylic acids is 1. The van der Waals surface area contributed by atoms with E-state index in [0.717, 1.165) is 18.8 Å². The van der Waals surface area contributed by atoms with E-state index >= 15 is 0 Å². The number of carboxylic acid groups (broad SMARTS) is 1. The zero-order chi connectivity index (χ0) is 12.7. The van der Waals surface area contributed by atoms with Crippen molar-refractivity contribution in [1.82, 2.24) is 4.90 Å². The summed E-state index contributed by atoms with van der Waals surface area (Å²) in [5.74, 6) is -0.860. The van der Waals surface area contributed by atoms with Crippen molar-refractivity contribution in [2.45, 2.75) is 24.9 Å². The number of rotatable bonds is 2. The molecule has 0 spiro atoms. The van der Waals surface area contributed by atoms with Crippen LogP contribution in [-0.2, 0) is 0 Å². The third kappa shape index (κ3) is 1.86. The molecular weight excluding hydrogens is 228 g/mol. The Labute approximate surface area is 107 Å². The van der Waals surface area contributed by atoms with E-state index in [1.807, 2.05) is 12.1 Å². The Balaban J connectivity index is 1.81. The monoisotopic (exact) mass is 246 g/mol. The maximum atomic E-state index is 10.8. The Morgan fingerprint density at radius 2 is 1.83 bits per heavy atom. The van der Waals surface area contributed by atoms with Crippen molar-refractivity contribution in [3.63, 3.8) is 0 Å². The molecule has 2 bridgehead atoms. The topological polar surface area (TPSA) is 43.8 Å². The van der Waals surface area contributed by atoms with E-state index < -0.39 is 5.97 Å². The largest absolute Gasteiger partial charge is 0.478 e. The van der Waals surface area contributed by atoms with Crippen LogP contribution in [0.1, 0.15) is 23.2 Å². The van der Waals surface area contributed by atoms with Crippen molar-refractivity contribution in [1.29, 1.82) is 0 Å². The fourth-order valence-electron chi connectivity index (χ4n) is 3.15. The number of likely N-dealkylation sites (N-methyl/N-ethyl adjacent to an activating group) is 1. The molecule has 18 heavy (non-hydrogen) atoms. The lowest BCUT2D eigenvalue weighted by Crippen LogP contribution is -2.61. The van der Waals surface area contributed by atoms with Crippen LogP contribution in [0.15, 0.2) is 24.3 Å². The highest BCUT2D eigenvalue weighted by molar-refractivity contribution is 5.88. The van der Waals surface area contributed by atoms with Gasteiger partial charge in [-0.2, -0.15) is 0 Å². The summed E-state index contributed by atoms with van der Waals surface area (Å²) in [7, 11) is 2.20. The second-order valence-corrected chi connectivity index (χ2v) is 5.33. The van der Waals surface area contributed by atoms with E-state index in [1.165, 1.54) is 12.8 Å². The number of fused-ring (bicyclic) bond motifs is 3. The molecule has 0 saturated carbocycles. The summed E-state index contributed by atoms with van der Waals surface area (Å²) in [4.78, 5) is 15.7. The minimum absolute atomic E-state index is 0.359. The first-order valence-electron chi connectivity index (χ1n) is 6.45. The third-order valence-electron chi connectivity index (χ3n) is 4.25. The van der Waals surface area contributed by atoms with Crippen LogP contribution in [0.3, 0.4) is 0 Å². The predicted octanol–water partition coefficient (Wildman–Crippen LogP) is 1.67. The van der Waals surface area contributed by atoms with Crippen LogP contribution in [0.5, 0.6) is 0 Å². The molecule has 4 nitrogen and oxygen atoms in total. The minimum atomic E-state index is -0.860. The van der Waals surface area contributed by atoms with Gasteiger partial charge in [-0.1, -0.05) is 0 Å². The molecule has 4 rings (SSSR count). The molecule has 3 saturated heterocycles. The van der Waals surface area contributed by atoms with Gasteiger partial charge in [0.15, 0.2) is 0 Å². The van der Waals surface area contributed by atoms with Gasteiger partial charge in [0.2, 0.25) is 0 Å². The van der Waals surface area contributed by atoms with Crippen molar-refractivity contribution in [3.8, 4) is 0 Å². The van der Waals surface area contributed by atoms with Gasteiger partial charge in [-0.05, 0) is 44.2 Å². The van der Waals surface area contributed by atoms with Crippen molar-refractivity contribution in [3.05, 3.63) is 29.8 Å². The summed E-state index contributed by atoms with van der Waals surface area (Å²) >= 11 is 0. The standard InChI is InChI=1S/C14H18N2O2/c1-15-8-13-7-6-12(15)9-16(13)11-4-2-10(3-5-11)14(17)18/h2-5,12-13H,6-9H2,1H3,(H,17,18). The maximum absolute atomic E-state index is 10.8. The average molecular weight is 246 g/mol. The van der Waals surface area contributed by atoms with Crippen LogP contribution in [0.25, 0.3) is 0 Å². The molecule has 3 heterocycles. The van der Waals surface area contributed by atoms with Gasteiger partial charge in [0.05, 0.1) is 5.56 Å². The van der Waals surface area contributed by atoms with Crippen LogP contribution >= 0.6 is 0 Å². The molecule has 0 aliphatic carbocycles. The fraction of sp³-hybridized carbons (Fsp3) is 0.500. The molecule has 2 unspecified atom stereocenters. The number of piperidine rings is 2. The SMILES string of the molecule is CN1CC2CCC1CN2c1ccc(C(=O)O)cc1. The summed E-state index contributed by atoms with van der Waals surface area (Å²) in [5, 5.41) is 8.91. The Kier molecular flexibility index (Phi) is 2.74. The summed E-state index contributed by atoms with van der Waals surface area (Å²) in [5.41, 5.74) is 1.51. The van der Waals surface area contributed by atoms with Crippen LogP contribution < -0.4 is 4.90 Å². The highest BCUT2D eigenvalue weighted by atomic mass is 16.4. The van der Waals surface area contributed by atoms with Gasteiger partial charge in [0.1, 0.15) is 0 Å². The number of hydrogen-bond acceptors (Lipinski definition) is 3. The maximum Gasteiger partial charge on any atom is 0.335 e. The molecule has 1 aromatic rings. The Morgan fingerprint density at radius 1 is 1.17 bits per heavy atom. The van der Waals surface area contributed by atoms with Gasteiger partial charge in [0.25, 0.3) is 0 Å². The number of aromatic carboxylic acids is 1. The molecule has 3 fully saturated rings. The van der Waals surface area contributed by atoms with Crippen molar-refractivity contribution in [2.75, 3.05) is 25.0 Å². The van der Waals surface area contributed by atoms with E-state index in [-0.39, 0.29) is 0 Å². The first kappa shape index (κ1) is 11.5. The summed E-state index contributed by atoms with van der Waals surface area (Å²) in [6, 6.07) is 8.49. The van der Waals surface area contributed by atoms with E-state index in [0.29, 0.717) is 17.6 Å². The van der Waals surface area contributed by atoms with Crippen molar-refractivity contribution in [2.24, 2.45) is 0 Å². The highest BCUT2D eigenvalue weighted by Crippen LogP contribution is 2.31. The van der Waals surface area contributed by atoms with Gasteiger partial charge in [-0.15, -0.1) is 0 Å². The zero-order valence-electron chi connectivity index (χ0n) is 10.5. The molecule has 3 aliphatic rings. The number of nitrogens with zero attached hydrogens (tertiary/aromatic N) is 2. The van der Waals surface area contributed by atoms with E-state index in [9.17, 15) is 4.79 Å². The van der Waals surface area contributed by atoms with Crippen molar-refractivity contribution >= 4 is 11.7 Å². The lowest BCUT2D eigenvalue weighted by atomic mass is 9.91. The fourth-order valence-corrected chi connectivity index (χ4v) is 3.15. The van der Waals surface area contributed by atoms with Gasteiger partial charge in [-0.25, -0.2) is 4.79 Å². The Hall–Kier alpha value is -1.55. The molecule has 96 valence electrons. The van der Waals surface area contributed by atoms with Gasteiger partial charge < -0.3 is 10.0 Å². The normalized spacial score (nSPS) is 27.5. The molecule has 1 N–H and O–H groups in total. The molecule has 1 aromatic carbocycles. The zero-order valence-corrected chi connectivity index (χ0v) is 10.5. The number of anilines is 1. The van der Waals surface area contributed by atoms with Crippen molar-refractivity contribution < 1.29 is 9.90 Å². The Bertz CT molecular complexity index is 457. The smallest absolute Gasteiger partial charge is 0.335 e. The van der Waals surface area contributed by atoms with Crippen LogP contribution in [0.2, 0.25) is 0 Å². The number of hydrogen-bond donors (Lipinski definition) is 1. The van der Waals surface area contributed by atoms with Crippen LogP contribution in [0, 0.1) is 0 Å². The second-order valence-electron chi connectivity index (χ2n) is 5.33. The van der Waals surface area contributed by atoms with Crippen LogP contribution in [-0.4, -0.2) is 48.2 Å². The number of benzene rings is 1. The van der Waals surface area contributed by atoms with E-state index in [2.05, 4.69) is 16.8 Å². The highest BCUT2D eigenvalue weighted by Gasteiger charge is 2.36. The lowest BCUT2D eigenvalue weighted by molar-refractivity contribution is 0.0697. The molecule has 2 atom stereocenters. The molecule has 0 radical (unpaired) electrons. The first-order valence-corrected chi connectivity index (χ1v) is 6.45. The quantitative estimate of drug-likeness (QED) is 0.862. The summed E-state index contributed by atoms with van der Waals surface area (Å²) < 4.78 is 0. The molecule has 0 amide bonds. The second kappa shape index (κ2) is 4.28. The molecule has 0 aromatic heterocycles. The minimum Gasteiger partial charge on any atom is -0.478 e. The first-order chi connectivity index (χ1) is 8.65. The number of piperazine rings is 1. The third-order valence-corrected chi connectivity index (χ3v) is 4.25. The van der Waals surface area contributed by atoms with E-state index in [1.54, 1.807) is 12.1 Å².